The lowest BCUT2D eigenvalue weighted by Gasteiger charge is -2.13. The molecule has 0 bridgehead atoms. The number of aliphatic hydroxyl groups excluding tert-OH is 1. The van der Waals surface area contributed by atoms with Crippen molar-refractivity contribution in [2.24, 2.45) is 0 Å². The molecule has 0 radical (unpaired) electrons. The number of hydrogen-bond donors (Lipinski definition) is 2. The fourth-order valence-electron chi connectivity index (χ4n) is 2.21. The van der Waals surface area contributed by atoms with Crippen LogP contribution in [0.3, 0.4) is 0 Å². The van der Waals surface area contributed by atoms with Crippen molar-refractivity contribution in [3.63, 3.8) is 0 Å². The average molecular weight is 339 g/mol. The molecule has 3 rings (SSSR count). The number of aliphatic hydroxyl groups is 1. The van der Waals surface area contributed by atoms with Gasteiger partial charge in [-0.1, -0.05) is 42.5 Å². The van der Waals surface area contributed by atoms with Gasteiger partial charge in [0, 0.05) is 11.8 Å². The SMILES string of the molecule is O=C(Nc1cccc(OCC(O)c2ccccc2)c1)c1cccs1. The van der Waals surface area contributed by atoms with E-state index >= 15 is 0 Å². The lowest BCUT2D eigenvalue weighted by Crippen LogP contribution is -2.11. The van der Waals surface area contributed by atoms with E-state index in [1.54, 1.807) is 30.3 Å². The van der Waals surface area contributed by atoms with Crippen LogP contribution in [-0.2, 0) is 0 Å². The maximum Gasteiger partial charge on any atom is 0.265 e. The number of hydrogen-bond acceptors (Lipinski definition) is 4. The minimum Gasteiger partial charge on any atom is -0.490 e. The third kappa shape index (κ3) is 4.22. The topological polar surface area (TPSA) is 58.6 Å². The van der Waals surface area contributed by atoms with Gasteiger partial charge in [-0.3, -0.25) is 4.79 Å². The molecule has 122 valence electrons. The van der Waals surface area contributed by atoms with Gasteiger partial charge in [-0.05, 0) is 29.1 Å². The summed E-state index contributed by atoms with van der Waals surface area (Å²) < 4.78 is 5.64. The Balaban J connectivity index is 1.60. The normalized spacial score (nSPS) is 11.7. The number of amides is 1. The summed E-state index contributed by atoms with van der Waals surface area (Å²) in [6.07, 6.45) is -0.699. The van der Waals surface area contributed by atoms with Gasteiger partial charge in [0.2, 0.25) is 0 Å². The highest BCUT2D eigenvalue weighted by Crippen LogP contribution is 2.21. The third-order valence-electron chi connectivity index (χ3n) is 3.43. The molecule has 0 spiro atoms. The Morgan fingerprint density at radius 1 is 1.08 bits per heavy atom. The second-order valence-corrected chi connectivity index (χ2v) is 6.14. The van der Waals surface area contributed by atoms with Crippen LogP contribution in [0, 0.1) is 0 Å². The van der Waals surface area contributed by atoms with Crippen LogP contribution < -0.4 is 10.1 Å². The van der Waals surface area contributed by atoms with Crippen molar-refractivity contribution >= 4 is 22.9 Å². The van der Waals surface area contributed by atoms with Gasteiger partial charge in [-0.15, -0.1) is 11.3 Å². The molecule has 0 saturated carbocycles. The van der Waals surface area contributed by atoms with Gasteiger partial charge in [-0.25, -0.2) is 0 Å². The van der Waals surface area contributed by atoms with Crippen LogP contribution in [0.4, 0.5) is 5.69 Å². The fourth-order valence-corrected chi connectivity index (χ4v) is 2.83. The standard InChI is InChI=1S/C19H17NO3S/c21-17(14-6-2-1-3-7-14)13-23-16-9-4-8-15(12-16)20-19(22)18-10-5-11-24-18/h1-12,17,21H,13H2,(H,20,22). The molecule has 1 heterocycles. The van der Waals surface area contributed by atoms with Gasteiger partial charge in [0.05, 0.1) is 4.88 Å². The predicted molar refractivity (Wildman–Crippen MR) is 95.6 cm³/mol. The van der Waals surface area contributed by atoms with Crippen molar-refractivity contribution in [3.05, 3.63) is 82.6 Å². The molecule has 0 aliphatic carbocycles. The van der Waals surface area contributed by atoms with E-state index in [1.807, 2.05) is 41.8 Å². The first-order chi connectivity index (χ1) is 11.7. The summed E-state index contributed by atoms with van der Waals surface area (Å²) in [6, 6.07) is 20.1. The van der Waals surface area contributed by atoms with E-state index in [-0.39, 0.29) is 12.5 Å². The smallest absolute Gasteiger partial charge is 0.265 e. The van der Waals surface area contributed by atoms with Gasteiger partial charge >= 0.3 is 0 Å². The minimum absolute atomic E-state index is 0.145. The van der Waals surface area contributed by atoms with Crippen LogP contribution >= 0.6 is 11.3 Å². The minimum atomic E-state index is -0.699. The van der Waals surface area contributed by atoms with Gasteiger partial charge in [0.15, 0.2) is 0 Å². The van der Waals surface area contributed by atoms with Crippen molar-refractivity contribution in [2.75, 3.05) is 11.9 Å². The van der Waals surface area contributed by atoms with Crippen LogP contribution in [0.1, 0.15) is 21.3 Å². The Labute approximate surface area is 144 Å². The molecule has 3 aromatic rings. The molecular weight excluding hydrogens is 322 g/mol. The first-order valence-corrected chi connectivity index (χ1v) is 8.41. The second kappa shape index (κ2) is 7.77. The molecule has 0 fully saturated rings. The Hall–Kier alpha value is -2.63. The molecule has 1 amide bonds. The Kier molecular flexibility index (Phi) is 5.25. The van der Waals surface area contributed by atoms with Crippen LogP contribution in [0.25, 0.3) is 0 Å². The maximum atomic E-state index is 12.1. The molecule has 2 aromatic carbocycles. The maximum absolute atomic E-state index is 12.1. The van der Waals surface area contributed by atoms with E-state index in [0.29, 0.717) is 16.3 Å². The number of thiophene rings is 1. The molecule has 0 saturated heterocycles. The largest absolute Gasteiger partial charge is 0.490 e. The van der Waals surface area contributed by atoms with Crippen molar-refractivity contribution in [3.8, 4) is 5.75 Å². The zero-order chi connectivity index (χ0) is 16.8. The number of anilines is 1. The van der Waals surface area contributed by atoms with Crippen molar-refractivity contribution in [1.29, 1.82) is 0 Å². The van der Waals surface area contributed by atoms with Crippen LogP contribution in [-0.4, -0.2) is 17.6 Å². The van der Waals surface area contributed by atoms with Crippen LogP contribution in [0.2, 0.25) is 0 Å². The molecule has 1 aromatic heterocycles. The lowest BCUT2D eigenvalue weighted by molar-refractivity contribution is 0.102. The first kappa shape index (κ1) is 16.2. The van der Waals surface area contributed by atoms with Gasteiger partial charge in [-0.2, -0.15) is 0 Å². The summed E-state index contributed by atoms with van der Waals surface area (Å²) in [4.78, 5) is 12.7. The van der Waals surface area contributed by atoms with Crippen molar-refractivity contribution < 1.29 is 14.6 Å². The Bertz CT molecular complexity index is 787. The van der Waals surface area contributed by atoms with Crippen molar-refractivity contribution in [1.82, 2.24) is 0 Å². The molecule has 1 unspecified atom stereocenters. The molecule has 24 heavy (non-hydrogen) atoms. The summed E-state index contributed by atoms with van der Waals surface area (Å²) >= 11 is 1.39. The zero-order valence-corrected chi connectivity index (χ0v) is 13.7. The van der Waals surface area contributed by atoms with E-state index in [0.717, 1.165) is 5.56 Å². The van der Waals surface area contributed by atoms with Crippen LogP contribution in [0.15, 0.2) is 72.1 Å². The third-order valence-corrected chi connectivity index (χ3v) is 4.30. The van der Waals surface area contributed by atoms with E-state index in [2.05, 4.69) is 5.32 Å². The highest BCUT2D eigenvalue weighted by atomic mass is 32.1. The van der Waals surface area contributed by atoms with E-state index in [4.69, 9.17) is 4.74 Å². The number of nitrogens with one attached hydrogen (secondary N) is 1. The summed E-state index contributed by atoms with van der Waals surface area (Å²) in [7, 11) is 0. The monoisotopic (exact) mass is 339 g/mol. The van der Waals surface area contributed by atoms with Crippen molar-refractivity contribution in [2.45, 2.75) is 6.10 Å². The van der Waals surface area contributed by atoms with E-state index in [1.165, 1.54) is 11.3 Å². The molecule has 0 aliphatic heterocycles. The highest BCUT2D eigenvalue weighted by molar-refractivity contribution is 7.12. The first-order valence-electron chi connectivity index (χ1n) is 7.53. The molecule has 5 heteroatoms. The summed E-state index contributed by atoms with van der Waals surface area (Å²) in [5.41, 5.74) is 1.46. The lowest BCUT2D eigenvalue weighted by atomic mass is 10.1. The quantitative estimate of drug-likeness (QED) is 0.710. The van der Waals surface area contributed by atoms with Gasteiger partial charge in [0.1, 0.15) is 18.5 Å². The van der Waals surface area contributed by atoms with Gasteiger partial charge in [0.25, 0.3) is 5.91 Å². The Morgan fingerprint density at radius 2 is 1.92 bits per heavy atom. The van der Waals surface area contributed by atoms with E-state index in [9.17, 15) is 9.90 Å². The molecular formula is C19H17NO3S. The number of carbonyl (C=O) groups excluding carboxylic acids is 1. The number of ether oxygens (including phenoxy) is 1. The average Bonchev–Trinajstić information content (AvgIpc) is 3.15. The number of carbonyl (C=O) groups is 1. The van der Waals surface area contributed by atoms with Gasteiger partial charge < -0.3 is 15.2 Å². The number of rotatable bonds is 6. The van der Waals surface area contributed by atoms with Crippen LogP contribution in [0.5, 0.6) is 5.75 Å². The zero-order valence-electron chi connectivity index (χ0n) is 12.9. The fraction of sp³-hybridized carbons (Fsp3) is 0.105. The highest BCUT2D eigenvalue weighted by Gasteiger charge is 2.09. The molecule has 0 aliphatic rings. The molecule has 2 N–H and O–H groups in total. The predicted octanol–water partition coefficient (Wildman–Crippen LogP) is 4.11. The summed E-state index contributed by atoms with van der Waals surface area (Å²) in [5.74, 6) is 0.445. The number of benzene rings is 2. The molecule has 4 nitrogen and oxygen atoms in total. The summed E-state index contributed by atoms with van der Waals surface area (Å²) in [6.45, 7) is 0.145. The Morgan fingerprint density at radius 3 is 2.67 bits per heavy atom. The summed E-state index contributed by atoms with van der Waals surface area (Å²) in [5, 5.41) is 14.8. The molecule has 1 atom stereocenters. The van der Waals surface area contributed by atoms with E-state index < -0.39 is 6.10 Å². The second-order valence-electron chi connectivity index (χ2n) is 5.20.